The Bertz CT molecular complexity index is 875. The van der Waals surface area contributed by atoms with E-state index in [9.17, 15) is 4.79 Å². The Morgan fingerprint density at radius 1 is 1.00 bits per heavy atom. The Labute approximate surface area is 191 Å². The van der Waals surface area contributed by atoms with E-state index in [1.165, 1.54) is 0 Å². The van der Waals surface area contributed by atoms with Crippen LogP contribution in [0.1, 0.15) is 43.0 Å². The predicted octanol–water partition coefficient (Wildman–Crippen LogP) is 4.24. The number of carbonyl (C=O) groups is 1. The minimum Gasteiger partial charge on any atom is -0.497 e. The number of nitrogens with zero attached hydrogens (tertiary/aromatic N) is 2. The topological polar surface area (TPSA) is 51.2 Å². The van der Waals surface area contributed by atoms with Crippen LogP contribution in [0.5, 0.6) is 17.2 Å². The Kier molecular flexibility index (Phi) is 7.53. The molecule has 2 aromatic rings. The number of methoxy groups -OCH3 is 1. The first kappa shape index (κ1) is 22.5. The molecule has 2 fully saturated rings. The minimum atomic E-state index is 0.0595. The Morgan fingerprint density at radius 3 is 2.41 bits per heavy atom. The molecular weight excluding hydrogens is 404 g/mol. The zero-order chi connectivity index (χ0) is 22.3. The zero-order valence-electron chi connectivity index (χ0n) is 19.2. The van der Waals surface area contributed by atoms with Crippen LogP contribution in [0.4, 0.5) is 0 Å². The Balaban J connectivity index is 1.33. The first-order chi connectivity index (χ1) is 15.6. The molecule has 0 aliphatic carbocycles. The Morgan fingerprint density at radius 2 is 1.72 bits per heavy atom. The number of carbonyl (C=O) groups excluding carboxylic acids is 1. The summed E-state index contributed by atoms with van der Waals surface area (Å²) in [5.41, 5.74) is 0.639. The van der Waals surface area contributed by atoms with Crippen molar-refractivity contribution >= 4 is 5.91 Å². The average molecular weight is 439 g/mol. The van der Waals surface area contributed by atoms with Gasteiger partial charge in [0.05, 0.1) is 12.7 Å². The summed E-state index contributed by atoms with van der Waals surface area (Å²) in [5, 5.41) is 0. The van der Waals surface area contributed by atoms with Crippen LogP contribution in [0.15, 0.2) is 48.5 Å². The monoisotopic (exact) mass is 438 g/mol. The van der Waals surface area contributed by atoms with Gasteiger partial charge >= 0.3 is 0 Å². The molecule has 2 saturated heterocycles. The summed E-state index contributed by atoms with van der Waals surface area (Å²) >= 11 is 0. The van der Waals surface area contributed by atoms with E-state index in [4.69, 9.17) is 14.2 Å². The minimum absolute atomic E-state index is 0.0595. The van der Waals surface area contributed by atoms with E-state index >= 15 is 0 Å². The molecule has 0 radical (unpaired) electrons. The lowest BCUT2D eigenvalue weighted by Crippen LogP contribution is -2.45. The number of hydrogen-bond acceptors (Lipinski definition) is 5. The van der Waals surface area contributed by atoms with Crippen molar-refractivity contribution in [1.82, 2.24) is 9.80 Å². The normalized spacial score (nSPS) is 18.4. The second-order valence-corrected chi connectivity index (χ2v) is 8.69. The fourth-order valence-electron chi connectivity index (χ4n) is 4.45. The highest BCUT2D eigenvalue weighted by Gasteiger charge is 2.27. The van der Waals surface area contributed by atoms with E-state index in [0.717, 1.165) is 57.6 Å². The SMILES string of the molecule is COc1ccc(C(=O)N2CCCC2)c(OC2CCN([C@@H](C)COc3ccccc3)CC2)c1. The molecule has 2 aromatic carbocycles. The molecule has 2 aliphatic heterocycles. The van der Waals surface area contributed by atoms with Crippen molar-refractivity contribution in [2.75, 3.05) is 39.9 Å². The fourth-order valence-corrected chi connectivity index (χ4v) is 4.45. The third kappa shape index (κ3) is 5.54. The maximum atomic E-state index is 13.0. The number of rotatable bonds is 8. The number of para-hydroxylation sites is 1. The van der Waals surface area contributed by atoms with Gasteiger partial charge < -0.3 is 19.1 Å². The lowest BCUT2D eigenvalue weighted by Gasteiger charge is -2.36. The fraction of sp³-hybridized carbons (Fsp3) is 0.500. The standard InChI is InChI=1S/C26H34N2O4/c1-20(19-31-21-8-4-3-5-9-21)27-16-12-22(13-17-27)32-25-18-23(30-2)10-11-24(25)26(29)28-14-6-7-15-28/h3-5,8-11,18,20,22H,6-7,12-17,19H2,1-2H3/t20-/m0/s1. The first-order valence-electron chi connectivity index (χ1n) is 11.7. The van der Waals surface area contributed by atoms with E-state index in [1.54, 1.807) is 7.11 Å². The van der Waals surface area contributed by atoms with Crippen molar-refractivity contribution in [2.45, 2.75) is 44.8 Å². The van der Waals surface area contributed by atoms with Crippen LogP contribution in [0, 0.1) is 0 Å². The van der Waals surface area contributed by atoms with Crippen molar-refractivity contribution < 1.29 is 19.0 Å². The van der Waals surface area contributed by atoms with E-state index in [0.29, 0.717) is 29.7 Å². The van der Waals surface area contributed by atoms with Crippen molar-refractivity contribution in [2.24, 2.45) is 0 Å². The van der Waals surface area contributed by atoms with Gasteiger partial charge in [-0.25, -0.2) is 0 Å². The number of amides is 1. The molecule has 32 heavy (non-hydrogen) atoms. The van der Waals surface area contributed by atoms with Gasteiger partial charge in [0.1, 0.15) is 30.0 Å². The molecule has 4 rings (SSSR count). The third-order valence-electron chi connectivity index (χ3n) is 6.44. The molecule has 1 amide bonds. The van der Waals surface area contributed by atoms with Crippen LogP contribution in [-0.4, -0.2) is 67.7 Å². The summed E-state index contributed by atoms with van der Waals surface area (Å²) in [6.07, 6.45) is 4.07. The lowest BCUT2D eigenvalue weighted by molar-refractivity contribution is 0.0616. The summed E-state index contributed by atoms with van der Waals surface area (Å²) in [7, 11) is 1.64. The molecule has 0 bridgehead atoms. The van der Waals surface area contributed by atoms with Crippen LogP contribution >= 0.6 is 0 Å². The van der Waals surface area contributed by atoms with Crippen LogP contribution in [0.3, 0.4) is 0 Å². The largest absolute Gasteiger partial charge is 0.497 e. The van der Waals surface area contributed by atoms with Gasteiger partial charge in [0.15, 0.2) is 0 Å². The van der Waals surface area contributed by atoms with Gasteiger partial charge in [0.25, 0.3) is 5.91 Å². The molecule has 2 heterocycles. The summed E-state index contributed by atoms with van der Waals surface area (Å²) in [4.78, 5) is 17.4. The molecule has 0 spiro atoms. The molecule has 172 valence electrons. The second kappa shape index (κ2) is 10.7. The second-order valence-electron chi connectivity index (χ2n) is 8.69. The summed E-state index contributed by atoms with van der Waals surface area (Å²) in [6.45, 7) is 6.42. The maximum absolute atomic E-state index is 13.0. The van der Waals surface area contributed by atoms with Crippen molar-refractivity contribution in [3.63, 3.8) is 0 Å². The van der Waals surface area contributed by atoms with Gasteiger partial charge in [-0.05, 0) is 56.9 Å². The van der Waals surface area contributed by atoms with Gasteiger partial charge in [0, 0.05) is 38.3 Å². The quantitative estimate of drug-likeness (QED) is 0.617. The van der Waals surface area contributed by atoms with Gasteiger partial charge in [-0.1, -0.05) is 18.2 Å². The van der Waals surface area contributed by atoms with Crippen molar-refractivity contribution in [3.05, 3.63) is 54.1 Å². The molecule has 6 nitrogen and oxygen atoms in total. The van der Waals surface area contributed by atoms with Crippen LogP contribution in [0.2, 0.25) is 0 Å². The molecule has 0 N–H and O–H groups in total. The van der Waals surface area contributed by atoms with Crippen LogP contribution < -0.4 is 14.2 Å². The van der Waals surface area contributed by atoms with Gasteiger partial charge in [-0.15, -0.1) is 0 Å². The molecule has 0 unspecified atom stereocenters. The number of hydrogen-bond donors (Lipinski definition) is 0. The Hall–Kier alpha value is -2.73. The first-order valence-corrected chi connectivity index (χ1v) is 11.7. The number of benzene rings is 2. The summed E-state index contributed by atoms with van der Waals surface area (Å²) in [6, 6.07) is 15.8. The zero-order valence-corrected chi connectivity index (χ0v) is 19.2. The smallest absolute Gasteiger partial charge is 0.257 e. The average Bonchev–Trinajstić information content (AvgIpc) is 3.38. The summed E-state index contributed by atoms with van der Waals surface area (Å²) in [5.74, 6) is 2.32. The molecule has 0 aromatic heterocycles. The van der Waals surface area contributed by atoms with Gasteiger partial charge in [-0.3, -0.25) is 9.69 Å². The van der Waals surface area contributed by atoms with Crippen LogP contribution in [-0.2, 0) is 0 Å². The lowest BCUT2D eigenvalue weighted by atomic mass is 10.1. The maximum Gasteiger partial charge on any atom is 0.257 e. The van der Waals surface area contributed by atoms with Crippen molar-refractivity contribution in [3.8, 4) is 17.2 Å². The molecular formula is C26H34N2O4. The highest BCUT2D eigenvalue weighted by molar-refractivity contribution is 5.97. The third-order valence-corrected chi connectivity index (χ3v) is 6.44. The van der Waals surface area contributed by atoms with Crippen molar-refractivity contribution in [1.29, 1.82) is 0 Å². The number of ether oxygens (including phenoxy) is 3. The number of likely N-dealkylation sites (tertiary alicyclic amines) is 2. The highest BCUT2D eigenvalue weighted by atomic mass is 16.5. The molecule has 1 atom stereocenters. The highest BCUT2D eigenvalue weighted by Crippen LogP contribution is 2.30. The van der Waals surface area contributed by atoms with E-state index in [1.807, 2.05) is 53.4 Å². The van der Waals surface area contributed by atoms with E-state index in [2.05, 4.69) is 11.8 Å². The molecule has 2 aliphatic rings. The predicted molar refractivity (Wildman–Crippen MR) is 125 cm³/mol. The van der Waals surface area contributed by atoms with Gasteiger partial charge in [0.2, 0.25) is 0 Å². The van der Waals surface area contributed by atoms with Gasteiger partial charge in [-0.2, -0.15) is 0 Å². The summed E-state index contributed by atoms with van der Waals surface area (Å²) < 4.78 is 17.7. The van der Waals surface area contributed by atoms with Crippen LogP contribution in [0.25, 0.3) is 0 Å². The van der Waals surface area contributed by atoms with E-state index < -0.39 is 0 Å². The van der Waals surface area contributed by atoms with E-state index in [-0.39, 0.29) is 12.0 Å². The number of piperidine rings is 1. The molecule has 0 saturated carbocycles. The molecule has 6 heteroatoms.